The van der Waals surface area contributed by atoms with Gasteiger partial charge in [0.15, 0.2) is 0 Å². The minimum atomic E-state index is -0.761. The number of hydrogen-bond acceptors (Lipinski definition) is 2. The van der Waals surface area contributed by atoms with Crippen molar-refractivity contribution >= 4 is 11.9 Å². The van der Waals surface area contributed by atoms with Crippen molar-refractivity contribution in [2.75, 3.05) is 0 Å². The van der Waals surface area contributed by atoms with E-state index in [9.17, 15) is 9.59 Å². The maximum absolute atomic E-state index is 12.6. The standard InChI is InChI=1S/C21H23NO3/c23-20(22-18-12-11-17(13-18)21(24)25)14-19(15-7-3-1-4-8-15)16-9-5-2-6-10-16/h1-10,17-19H,11-14H2,(H,22,23)(H,24,25)/t17-,18+/m1/s1. The van der Waals surface area contributed by atoms with Crippen LogP contribution in [-0.2, 0) is 9.59 Å². The molecule has 2 atom stereocenters. The minimum Gasteiger partial charge on any atom is -0.481 e. The highest BCUT2D eigenvalue weighted by atomic mass is 16.4. The second-order valence-electron chi connectivity index (χ2n) is 6.69. The molecule has 3 rings (SSSR count). The van der Waals surface area contributed by atoms with Crippen LogP contribution in [-0.4, -0.2) is 23.0 Å². The highest BCUT2D eigenvalue weighted by molar-refractivity contribution is 5.78. The molecule has 2 aromatic rings. The van der Waals surface area contributed by atoms with E-state index in [2.05, 4.69) is 5.32 Å². The molecule has 0 aromatic heterocycles. The van der Waals surface area contributed by atoms with E-state index >= 15 is 0 Å². The number of carbonyl (C=O) groups excluding carboxylic acids is 1. The summed E-state index contributed by atoms with van der Waals surface area (Å²) in [4.78, 5) is 23.6. The summed E-state index contributed by atoms with van der Waals surface area (Å²) in [5.41, 5.74) is 2.22. The Bertz CT molecular complexity index is 675. The smallest absolute Gasteiger partial charge is 0.306 e. The van der Waals surface area contributed by atoms with Crippen LogP contribution in [0.1, 0.15) is 42.7 Å². The van der Waals surface area contributed by atoms with Gasteiger partial charge in [-0.25, -0.2) is 0 Å². The van der Waals surface area contributed by atoms with Crippen LogP contribution in [0, 0.1) is 5.92 Å². The molecule has 1 fully saturated rings. The molecule has 1 saturated carbocycles. The average Bonchev–Trinajstić information content (AvgIpc) is 3.10. The Morgan fingerprint density at radius 2 is 1.52 bits per heavy atom. The first-order valence-corrected chi connectivity index (χ1v) is 8.75. The molecule has 0 bridgehead atoms. The maximum atomic E-state index is 12.6. The predicted octanol–water partition coefficient (Wildman–Crippen LogP) is 3.58. The second kappa shape index (κ2) is 7.97. The zero-order valence-electron chi connectivity index (χ0n) is 14.1. The fraction of sp³-hybridized carbons (Fsp3) is 0.333. The van der Waals surface area contributed by atoms with E-state index in [0.717, 1.165) is 17.5 Å². The number of carbonyl (C=O) groups is 2. The second-order valence-corrected chi connectivity index (χ2v) is 6.69. The molecule has 0 radical (unpaired) electrons. The van der Waals surface area contributed by atoms with Gasteiger partial charge in [-0.3, -0.25) is 9.59 Å². The highest BCUT2D eigenvalue weighted by Gasteiger charge is 2.31. The highest BCUT2D eigenvalue weighted by Crippen LogP contribution is 2.29. The van der Waals surface area contributed by atoms with Crippen molar-refractivity contribution in [2.24, 2.45) is 5.92 Å². The Morgan fingerprint density at radius 1 is 0.960 bits per heavy atom. The number of aliphatic carboxylic acids is 1. The molecule has 2 aromatic carbocycles. The third-order valence-corrected chi connectivity index (χ3v) is 4.94. The largest absolute Gasteiger partial charge is 0.481 e. The summed E-state index contributed by atoms with van der Waals surface area (Å²) in [6.07, 6.45) is 2.27. The molecule has 130 valence electrons. The zero-order valence-corrected chi connectivity index (χ0v) is 14.1. The number of benzene rings is 2. The van der Waals surface area contributed by atoms with Gasteiger partial charge in [0.25, 0.3) is 0 Å². The quantitative estimate of drug-likeness (QED) is 0.847. The van der Waals surface area contributed by atoms with Crippen molar-refractivity contribution in [3.8, 4) is 0 Å². The van der Waals surface area contributed by atoms with Crippen LogP contribution in [0.4, 0.5) is 0 Å². The van der Waals surface area contributed by atoms with E-state index in [-0.39, 0.29) is 23.8 Å². The normalized spacial score (nSPS) is 19.7. The fourth-order valence-corrected chi connectivity index (χ4v) is 3.61. The van der Waals surface area contributed by atoms with Gasteiger partial charge in [0.1, 0.15) is 0 Å². The molecule has 4 nitrogen and oxygen atoms in total. The Kier molecular flexibility index (Phi) is 5.49. The van der Waals surface area contributed by atoms with Crippen molar-refractivity contribution in [1.29, 1.82) is 0 Å². The molecule has 1 aliphatic carbocycles. The van der Waals surface area contributed by atoms with Gasteiger partial charge in [0.05, 0.1) is 5.92 Å². The van der Waals surface area contributed by atoms with Crippen molar-refractivity contribution in [3.05, 3.63) is 71.8 Å². The van der Waals surface area contributed by atoms with E-state index in [0.29, 0.717) is 19.3 Å². The van der Waals surface area contributed by atoms with Gasteiger partial charge in [-0.05, 0) is 30.4 Å². The number of carboxylic acid groups (broad SMARTS) is 1. The fourth-order valence-electron chi connectivity index (χ4n) is 3.61. The topological polar surface area (TPSA) is 66.4 Å². The number of hydrogen-bond donors (Lipinski definition) is 2. The van der Waals surface area contributed by atoms with Crippen molar-refractivity contribution in [3.63, 3.8) is 0 Å². The molecule has 4 heteroatoms. The van der Waals surface area contributed by atoms with Crippen LogP contribution in [0.3, 0.4) is 0 Å². The lowest BCUT2D eigenvalue weighted by atomic mass is 9.88. The Balaban J connectivity index is 1.68. The first-order chi connectivity index (χ1) is 12.1. The molecule has 0 aliphatic heterocycles. The van der Waals surface area contributed by atoms with Gasteiger partial charge in [0.2, 0.25) is 5.91 Å². The summed E-state index contributed by atoms with van der Waals surface area (Å²) >= 11 is 0. The van der Waals surface area contributed by atoms with Crippen LogP contribution in [0.5, 0.6) is 0 Å². The van der Waals surface area contributed by atoms with E-state index in [4.69, 9.17) is 5.11 Å². The van der Waals surface area contributed by atoms with E-state index in [1.54, 1.807) is 0 Å². The van der Waals surface area contributed by atoms with Crippen molar-refractivity contribution < 1.29 is 14.7 Å². The molecule has 25 heavy (non-hydrogen) atoms. The van der Waals surface area contributed by atoms with Crippen molar-refractivity contribution in [2.45, 2.75) is 37.6 Å². The molecule has 1 aliphatic rings. The van der Waals surface area contributed by atoms with E-state index < -0.39 is 5.97 Å². The molecular formula is C21H23NO3. The Labute approximate surface area is 147 Å². The Hall–Kier alpha value is -2.62. The van der Waals surface area contributed by atoms with Crippen LogP contribution in [0.15, 0.2) is 60.7 Å². The van der Waals surface area contributed by atoms with Crippen LogP contribution < -0.4 is 5.32 Å². The van der Waals surface area contributed by atoms with Gasteiger partial charge < -0.3 is 10.4 Å². The minimum absolute atomic E-state index is 0.000858. The average molecular weight is 337 g/mol. The molecule has 2 N–H and O–H groups in total. The summed E-state index contributed by atoms with van der Waals surface area (Å²) in [5, 5.41) is 12.1. The lowest BCUT2D eigenvalue weighted by molar-refractivity contribution is -0.141. The van der Waals surface area contributed by atoms with E-state index in [1.165, 1.54) is 0 Å². The first kappa shape index (κ1) is 17.2. The lowest BCUT2D eigenvalue weighted by Gasteiger charge is -2.19. The monoisotopic (exact) mass is 337 g/mol. The van der Waals surface area contributed by atoms with Crippen LogP contribution >= 0.6 is 0 Å². The molecule has 0 saturated heterocycles. The van der Waals surface area contributed by atoms with Gasteiger partial charge in [-0.15, -0.1) is 0 Å². The zero-order chi connectivity index (χ0) is 17.6. The number of amides is 1. The molecule has 0 unspecified atom stereocenters. The summed E-state index contributed by atoms with van der Waals surface area (Å²) < 4.78 is 0. The van der Waals surface area contributed by atoms with Gasteiger partial charge in [-0.2, -0.15) is 0 Å². The summed E-state index contributed by atoms with van der Waals surface area (Å²) in [5.74, 6) is -1.11. The van der Waals surface area contributed by atoms with Crippen molar-refractivity contribution in [1.82, 2.24) is 5.32 Å². The maximum Gasteiger partial charge on any atom is 0.306 e. The summed E-state index contributed by atoms with van der Waals surface area (Å²) in [6.45, 7) is 0. The first-order valence-electron chi connectivity index (χ1n) is 8.75. The lowest BCUT2D eigenvalue weighted by Crippen LogP contribution is -2.34. The van der Waals surface area contributed by atoms with Gasteiger partial charge in [-0.1, -0.05) is 60.7 Å². The van der Waals surface area contributed by atoms with Gasteiger partial charge >= 0.3 is 5.97 Å². The predicted molar refractivity (Wildman–Crippen MR) is 96.3 cm³/mol. The van der Waals surface area contributed by atoms with Gasteiger partial charge in [0, 0.05) is 18.4 Å². The molecule has 1 amide bonds. The Morgan fingerprint density at radius 3 is 2.00 bits per heavy atom. The third kappa shape index (κ3) is 4.47. The van der Waals surface area contributed by atoms with Crippen LogP contribution in [0.2, 0.25) is 0 Å². The summed E-state index contributed by atoms with van der Waals surface area (Å²) in [7, 11) is 0. The molecule has 0 spiro atoms. The third-order valence-electron chi connectivity index (χ3n) is 4.94. The number of nitrogens with one attached hydrogen (secondary N) is 1. The number of rotatable bonds is 6. The SMILES string of the molecule is O=C(CC(c1ccccc1)c1ccccc1)N[C@H]1CC[C@@H](C(=O)O)C1. The summed E-state index contributed by atoms with van der Waals surface area (Å²) in [6, 6.07) is 20.0. The van der Waals surface area contributed by atoms with Crippen LogP contribution in [0.25, 0.3) is 0 Å². The van der Waals surface area contributed by atoms with E-state index in [1.807, 2.05) is 60.7 Å². The number of carboxylic acids is 1. The molecule has 0 heterocycles. The molecular weight excluding hydrogens is 314 g/mol.